The Labute approximate surface area is 96.8 Å². The highest BCUT2D eigenvalue weighted by Crippen LogP contribution is 2.22. The third-order valence-corrected chi connectivity index (χ3v) is 3.06. The number of hydrogen-bond donors (Lipinski definition) is 0. The monoisotopic (exact) mass is 279 g/mol. The predicted molar refractivity (Wildman–Crippen MR) is 57.1 cm³/mol. The Morgan fingerprint density at radius 1 is 1.47 bits per heavy atom. The molecule has 0 N–H and O–H groups in total. The van der Waals surface area contributed by atoms with Gasteiger partial charge in [-0.3, -0.25) is 9.69 Å². The predicted octanol–water partition coefficient (Wildman–Crippen LogP) is 0.806. The summed E-state index contributed by atoms with van der Waals surface area (Å²) in [7, 11) is 2.87. The summed E-state index contributed by atoms with van der Waals surface area (Å²) in [6, 6.07) is -0.429. The Hall–Kier alpha value is -0.620. The van der Waals surface area contributed by atoms with E-state index in [1.165, 1.54) is 12.0 Å². The third-order valence-electron chi connectivity index (χ3n) is 2.51. The van der Waals surface area contributed by atoms with Crippen molar-refractivity contribution in [2.24, 2.45) is 0 Å². The van der Waals surface area contributed by atoms with Gasteiger partial charge < -0.3 is 9.47 Å². The number of methoxy groups -OCH3 is 2. The van der Waals surface area contributed by atoms with Crippen molar-refractivity contribution >= 4 is 27.8 Å². The molecule has 6 heteroatoms. The fourth-order valence-electron chi connectivity index (χ4n) is 1.68. The molecule has 0 aliphatic carbocycles. The first kappa shape index (κ1) is 12.4. The number of nitrogens with zero attached hydrogens (tertiary/aromatic N) is 1. The van der Waals surface area contributed by atoms with E-state index < -0.39 is 12.1 Å². The largest absolute Gasteiger partial charge is 0.453 e. The lowest BCUT2D eigenvalue weighted by molar-refractivity contribution is -0.120. The first-order valence-electron chi connectivity index (χ1n) is 4.60. The highest BCUT2D eigenvalue weighted by atomic mass is 79.9. The number of amides is 1. The third kappa shape index (κ3) is 2.69. The Morgan fingerprint density at radius 3 is 2.60 bits per heavy atom. The van der Waals surface area contributed by atoms with Crippen LogP contribution in [-0.4, -0.2) is 55.0 Å². The van der Waals surface area contributed by atoms with Gasteiger partial charge in [-0.05, 0) is 0 Å². The number of carbonyl (C=O) groups is 2. The van der Waals surface area contributed by atoms with Crippen molar-refractivity contribution in [3.05, 3.63) is 0 Å². The number of ketones is 1. The molecule has 1 amide bonds. The van der Waals surface area contributed by atoms with E-state index in [4.69, 9.17) is 4.74 Å². The maximum absolute atomic E-state index is 11.6. The number of likely N-dealkylation sites (tertiary alicyclic amines) is 1. The van der Waals surface area contributed by atoms with E-state index in [0.29, 0.717) is 13.0 Å². The quantitative estimate of drug-likeness (QED) is 0.718. The van der Waals surface area contributed by atoms with E-state index in [1.54, 1.807) is 7.11 Å². The van der Waals surface area contributed by atoms with Crippen LogP contribution in [0.1, 0.15) is 6.42 Å². The summed E-state index contributed by atoms with van der Waals surface area (Å²) in [6.45, 7) is 0.409. The molecule has 0 saturated carbocycles. The lowest BCUT2D eigenvalue weighted by Gasteiger charge is -2.20. The van der Waals surface area contributed by atoms with Crippen LogP contribution < -0.4 is 0 Å². The molecule has 0 aromatic rings. The highest BCUT2D eigenvalue weighted by molar-refractivity contribution is 9.09. The number of carbonyl (C=O) groups excluding carboxylic acids is 2. The van der Waals surface area contributed by atoms with Gasteiger partial charge in [-0.15, -0.1) is 0 Å². The summed E-state index contributed by atoms with van der Waals surface area (Å²) in [5.41, 5.74) is 0. The molecule has 0 radical (unpaired) electrons. The zero-order valence-corrected chi connectivity index (χ0v) is 10.3. The summed E-state index contributed by atoms with van der Waals surface area (Å²) in [4.78, 5) is 24.4. The number of Topliss-reactive ketones (excluding diaryl/α,β-unsaturated/α-hetero) is 1. The molecular formula is C9H14BrNO4. The van der Waals surface area contributed by atoms with Crippen LogP contribution >= 0.6 is 15.9 Å². The van der Waals surface area contributed by atoms with Crippen LogP contribution in [0.3, 0.4) is 0 Å². The molecule has 1 aliphatic heterocycles. The molecule has 0 bridgehead atoms. The Balaban J connectivity index is 2.73. The van der Waals surface area contributed by atoms with Crippen molar-refractivity contribution in [2.45, 2.75) is 18.6 Å². The van der Waals surface area contributed by atoms with Gasteiger partial charge in [-0.25, -0.2) is 4.79 Å². The van der Waals surface area contributed by atoms with Gasteiger partial charge in [0.25, 0.3) is 0 Å². The van der Waals surface area contributed by atoms with Crippen LogP contribution in [0.4, 0.5) is 4.79 Å². The average molecular weight is 280 g/mol. The Bertz CT molecular complexity index is 234. The second-order valence-electron chi connectivity index (χ2n) is 3.33. The van der Waals surface area contributed by atoms with Crippen LogP contribution in [0.5, 0.6) is 0 Å². The van der Waals surface area contributed by atoms with Gasteiger partial charge in [-0.1, -0.05) is 15.9 Å². The fourth-order valence-corrected chi connectivity index (χ4v) is 2.06. The Kier molecular flexibility index (Phi) is 4.53. The Morgan fingerprint density at radius 2 is 2.13 bits per heavy atom. The summed E-state index contributed by atoms with van der Waals surface area (Å²) in [5, 5.41) is 0.238. The lowest BCUT2D eigenvalue weighted by Crippen LogP contribution is -2.41. The van der Waals surface area contributed by atoms with E-state index in [1.807, 2.05) is 0 Å². The van der Waals surface area contributed by atoms with Gasteiger partial charge in [0, 0.05) is 13.5 Å². The van der Waals surface area contributed by atoms with Crippen molar-refractivity contribution in [3.8, 4) is 0 Å². The highest BCUT2D eigenvalue weighted by Gasteiger charge is 2.39. The molecule has 2 atom stereocenters. The second-order valence-corrected chi connectivity index (χ2v) is 3.89. The molecule has 0 spiro atoms. The number of ether oxygens (including phenoxy) is 2. The van der Waals surface area contributed by atoms with Crippen molar-refractivity contribution in [2.75, 3.05) is 26.1 Å². The fraction of sp³-hybridized carbons (Fsp3) is 0.778. The van der Waals surface area contributed by atoms with Gasteiger partial charge in [-0.2, -0.15) is 0 Å². The molecule has 2 unspecified atom stereocenters. The van der Waals surface area contributed by atoms with Crippen LogP contribution in [0.25, 0.3) is 0 Å². The van der Waals surface area contributed by atoms with E-state index >= 15 is 0 Å². The first-order chi connectivity index (χ1) is 7.13. The van der Waals surface area contributed by atoms with E-state index in [-0.39, 0.29) is 17.2 Å². The molecule has 1 saturated heterocycles. The van der Waals surface area contributed by atoms with Crippen molar-refractivity contribution in [1.82, 2.24) is 4.90 Å². The number of halogens is 1. The standard InChI is InChI=1S/C9H14BrNO4/c1-14-6-3-7(8(12)4-10)11(5-6)9(13)15-2/h6-7H,3-5H2,1-2H3. The molecule has 15 heavy (non-hydrogen) atoms. The molecule has 86 valence electrons. The molecule has 1 heterocycles. The number of alkyl halides is 1. The summed E-state index contributed by atoms with van der Waals surface area (Å²) in [6.07, 6.45) is -0.0262. The molecule has 1 aliphatic rings. The number of rotatable bonds is 3. The molecule has 5 nitrogen and oxygen atoms in total. The maximum atomic E-state index is 11.6. The normalized spacial score (nSPS) is 25.4. The van der Waals surface area contributed by atoms with Gasteiger partial charge >= 0.3 is 6.09 Å². The minimum absolute atomic E-state index is 0.0278. The lowest BCUT2D eigenvalue weighted by atomic mass is 10.1. The van der Waals surface area contributed by atoms with Gasteiger partial charge in [0.05, 0.1) is 31.1 Å². The molecule has 1 rings (SSSR count). The van der Waals surface area contributed by atoms with Crippen LogP contribution in [-0.2, 0) is 14.3 Å². The average Bonchev–Trinajstić information content (AvgIpc) is 2.70. The molecule has 1 fully saturated rings. The summed E-state index contributed by atoms with van der Waals surface area (Å²) in [5.74, 6) is -0.0278. The first-order valence-corrected chi connectivity index (χ1v) is 5.72. The zero-order valence-electron chi connectivity index (χ0n) is 8.73. The smallest absolute Gasteiger partial charge is 0.410 e. The second kappa shape index (κ2) is 5.46. The van der Waals surface area contributed by atoms with E-state index in [9.17, 15) is 9.59 Å². The van der Waals surface area contributed by atoms with E-state index in [2.05, 4.69) is 20.7 Å². The summed E-state index contributed by atoms with van der Waals surface area (Å²) >= 11 is 3.10. The van der Waals surface area contributed by atoms with Gasteiger partial charge in [0.15, 0.2) is 5.78 Å². The SMILES string of the molecule is COC(=O)N1CC(OC)CC1C(=O)CBr. The van der Waals surface area contributed by atoms with Crippen molar-refractivity contribution in [1.29, 1.82) is 0 Å². The van der Waals surface area contributed by atoms with Gasteiger partial charge in [0.1, 0.15) is 0 Å². The van der Waals surface area contributed by atoms with Crippen LogP contribution in [0.2, 0.25) is 0 Å². The maximum Gasteiger partial charge on any atom is 0.410 e. The number of hydrogen-bond acceptors (Lipinski definition) is 4. The topological polar surface area (TPSA) is 55.8 Å². The molecule has 0 aromatic heterocycles. The minimum Gasteiger partial charge on any atom is -0.453 e. The summed E-state index contributed by atoms with van der Waals surface area (Å²) < 4.78 is 9.76. The van der Waals surface area contributed by atoms with Gasteiger partial charge in [0.2, 0.25) is 0 Å². The molecule has 0 aromatic carbocycles. The molecular weight excluding hydrogens is 266 g/mol. The van der Waals surface area contributed by atoms with E-state index in [0.717, 1.165) is 0 Å². The zero-order chi connectivity index (χ0) is 11.4. The van der Waals surface area contributed by atoms with Crippen LogP contribution in [0, 0.1) is 0 Å². The van der Waals surface area contributed by atoms with Crippen molar-refractivity contribution in [3.63, 3.8) is 0 Å². The minimum atomic E-state index is -0.478. The van der Waals surface area contributed by atoms with Crippen molar-refractivity contribution < 1.29 is 19.1 Å². The van der Waals surface area contributed by atoms with Crippen LogP contribution in [0.15, 0.2) is 0 Å².